The Balaban J connectivity index is 2.63. The molecule has 96 valence electrons. The molecule has 0 spiro atoms. The lowest BCUT2D eigenvalue weighted by Crippen LogP contribution is -2.12. The molecule has 3 nitrogen and oxygen atoms in total. The van der Waals surface area contributed by atoms with Gasteiger partial charge >= 0.3 is 0 Å². The molecular formula is C12H16Cl2O3. The van der Waals surface area contributed by atoms with Crippen LogP contribution in [0.25, 0.3) is 0 Å². The molecule has 0 aromatic heterocycles. The van der Waals surface area contributed by atoms with E-state index < -0.39 is 0 Å². The lowest BCUT2D eigenvalue weighted by atomic mass is 10.2. The summed E-state index contributed by atoms with van der Waals surface area (Å²) in [5.74, 6) is 0.464. The Kier molecular flexibility index (Phi) is 6.06. The highest BCUT2D eigenvalue weighted by molar-refractivity contribution is 6.35. The summed E-state index contributed by atoms with van der Waals surface area (Å²) in [4.78, 5) is 0. The summed E-state index contributed by atoms with van der Waals surface area (Å²) in [5.41, 5.74) is 0.576. The fourth-order valence-corrected chi connectivity index (χ4v) is 1.91. The van der Waals surface area contributed by atoms with Crippen molar-refractivity contribution < 1.29 is 14.6 Å². The molecule has 0 aliphatic heterocycles. The lowest BCUT2D eigenvalue weighted by Gasteiger charge is -2.13. The number of rotatable bonds is 6. The number of benzene rings is 1. The molecule has 0 heterocycles. The van der Waals surface area contributed by atoms with Gasteiger partial charge in [-0.3, -0.25) is 0 Å². The van der Waals surface area contributed by atoms with Crippen LogP contribution in [0.2, 0.25) is 10.0 Å². The third-order valence-electron chi connectivity index (χ3n) is 2.04. The molecule has 0 atom stereocenters. The molecule has 17 heavy (non-hydrogen) atoms. The van der Waals surface area contributed by atoms with Gasteiger partial charge in [0.1, 0.15) is 12.4 Å². The van der Waals surface area contributed by atoms with Crippen molar-refractivity contribution >= 4 is 23.2 Å². The molecule has 1 N–H and O–H groups in total. The van der Waals surface area contributed by atoms with E-state index in [4.69, 9.17) is 32.7 Å². The number of hydrogen-bond acceptors (Lipinski definition) is 3. The van der Waals surface area contributed by atoms with Gasteiger partial charge in [-0.2, -0.15) is 0 Å². The van der Waals surface area contributed by atoms with Crippen LogP contribution in [0.4, 0.5) is 0 Å². The predicted octanol–water partition coefficient (Wildman–Crippen LogP) is 3.29. The Morgan fingerprint density at radius 1 is 1.24 bits per heavy atom. The zero-order chi connectivity index (χ0) is 12.8. The molecule has 0 fully saturated rings. The fraction of sp³-hybridized carbons (Fsp3) is 0.500. The molecular weight excluding hydrogens is 263 g/mol. The number of aliphatic hydroxyl groups excluding tert-OH is 1. The van der Waals surface area contributed by atoms with Crippen LogP contribution in [0.1, 0.15) is 19.4 Å². The number of halogens is 2. The van der Waals surface area contributed by atoms with Crippen LogP contribution >= 0.6 is 23.2 Å². The molecule has 0 aliphatic rings. The van der Waals surface area contributed by atoms with E-state index in [1.54, 1.807) is 12.1 Å². The molecule has 1 aromatic rings. The van der Waals surface area contributed by atoms with E-state index in [1.165, 1.54) is 0 Å². The molecule has 1 rings (SSSR count). The molecule has 0 bridgehead atoms. The first-order valence-electron chi connectivity index (χ1n) is 5.37. The molecule has 0 radical (unpaired) electrons. The van der Waals surface area contributed by atoms with Gasteiger partial charge in [-0.25, -0.2) is 0 Å². The minimum absolute atomic E-state index is 0.164. The smallest absolute Gasteiger partial charge is 0.143 e. The highest BCUT2D eigenvalue weighted by atomic mass is 35.5. The number of aliphatic hydroxyl groups is 1. The highest BCUT2D eigenvalue weighted by Crippen LogP contribution is 2.32. The topological polar surface area (TPSA) is 38.7 Å². The summed E-state index contributed by atoms with van der Waals surface area (Å²) < 4.78 is 10.8. The third-order valence-corrected chi connectivity index (χ3v) is 2.54. The van der Waals surface area contributed by atoms with Crippen LogP contribution in [0.5, 0.6) is 5.75 Å². The molecule has 0 saturated carbocycles. The first-order chi connectivity index (χ1) is 8.04. The first-order valence-corrected chi connectivity index (χ1v) is 6.13. The van der Waals surface area contributed by atoms with Crippen LogP contribution in [0.3, 0.4) is 0 Å². The van der Waals surface area contributed by atoms with E-state index in [2.05, 4.69) is 0 Å². The van der Waals surface area contributed by atoms with Crippen LogP contribution in [-0.4, -0.2) is 24.4 Å². The number of ether oxygens (including phenoxy) is 2. The molecule has 5 heteroatoms. The summed E-state index contributed by atoms with van der Waals surface area (Å²) in [6.07, 6.45) is 0.164. The average molecular weight is 279 g/mol. The third kappa shape index (κ3) is 4.72. The molecule has 0 aliphatic carbocycles. The van der Waals surface area contributed by atoms with Gasteiger partial charge in [0.05, 0.1) is 24.3 Å². The van der Waals surface area contributed by atoms with E-state index >= 15 is 0 Å². The monoisotopic (exact) mass is 278 g/mol. The summed E-state index contributed by atoms with van der Waals surface area (Å²) in [6.45, 7) is 4.59. The normalized spacial score (nSPS) is 10.9. The second-order valence-electron chi connectivity index (χ2n) is 3.80. The SMILES string of the molecule is CC(C)OCCOc1c(Cl)cc(Cl)cc1CO. The van der Waals surface area contributed by atoms with Crippen molar-refractivity contribution in [2.24, 2.45) is 0 Å². The van der Waals surface area contributed by atoms with E-state index in [9.17, 15) is 5.11 Å². The highest BCUT2D eigenvalue weighted by Gasteiger charge is 2.10. The Bertz CT molecular complexity index is 367. The molecule has 1 aromatic carbocycles. The van der Waals surface area contributed by atoms with Gasteiger partial charge in [0.25, 0.3) is 0 Å². The zero-order valence-corrected chi connectivity index (χ0v) is 11.4. The van der Waals surface area contributed by atoms with Gasteiger partial charge in [-0.15, -0.1) is 0 Å². The Morgan fingerprint density at radius 3 is 2.53 bits per heavy atom. The first kappa shape index (κ1) is 14.6. The second kappa shape index (κ2) is 7.07. The Hall–Kier alpha value is -0.480. The van der Waals surface area contributed by atoms with E-state index in [0.29, 0.717) is 34.6 Å². The molecule has 0 unspecified atom stereocenters. The summed E-state index contributed by atoms with van der Waals surface area (Å²) >= 11 is 11.8. The van der Waals surface area contributed by atoms with Gasteiger partial charge in [0, 0.05) is 10.6 Å². The van der Waals surface area contributed by atoms with E-state index in [-0.39, 0.29) is 12.7 Å². The zero-order valence-electron chi connectivity index (χ0n) is 9.87. The van der Waals surface area contributed by atoms with Gasteiger partial charge in [-0.1, -0.05) is 23.2 Å². The van der Waals surface area contributed by atoms with Crippen molar-refractivity contribution in [3.8, 4) is 5.75 Å². The average Bonchev–Trinajstić information content (AvgIpc) is 2.25. The largest absolute Gasteiger partial charge is 0.489 e. The lowest BCUT2D eigenvalue weighted by molar-refractivity contribution is 0.0548. The molecule has 0 saturated heterocycles. The Labute approximate surface area is 111 Å². The number of hydrogen-bond donors (Lipinski definition) is 1. The van der Waals surface area contributed by atoms with Crippen LogP contribution < -0.4 is 4.74 Å². The maximum absolute atomic E-state index is 9.18. The van der Waals surface area contributed by atoms with Gasteiger partial charge in [0.2, 0.25) is 0 Å². The summed E-state index contributed by atoms with van der Waals surface area (Å²) in [5, 5.41) is 10.1. The van der Waals surface area contributed by atoms with Crippen molar-refractivity contribution in [1.29, 1.82) is 0 Å². The molecule has 0 amide bonds. The minimum Gasteiger partial charge on any atom is -0.489 e. The quantitative estimate of drug-likeness (QED) is 0.812. The van der Waals surface area contributed by atoms with Crippen molar-refractivity contribution in [3.63, 3.8) is 0 Å². The Morgan fingerprint density at radius 2 is 1.94 bits per heavy atom. The van der Waals surface area contributed by atoms with Crippen LogP contribution in [-0.2, 0) is 11.3 Å². The fourth-order valence-electron chi connectivity index (χ4n) is 1.32. The summed E-state index contributed by atoms with van der Waals surface area (Å²) in [6, 6.07) is 3.22. The predicted molar refractivity (Wildman–Crippen MR) is 69.0 cm³/mol. The minimum atomic E-state index is -0.166. The van der Waals surface area contributed by atoms with E-state index in [0.717, 1.165) is 0 Å². The van der Waals surface area contributed by atoms with E-state index in [1.807, 2.05) is 13.8 Å². The van der Waals surface area contributed by atoms with Crippen molar-refractivity contribution in [2.75, 3.05) is 13.2 Å². The summed E-state index contributed by atoms with van der Waals surface area (Å²) in [7, 11) is 0. The van der Waals surface area contributed by atoms with Gasteiger partial charge in [0.15, 0.2) is 0 Å². The van der Waals surface area contributed by atoms with Gasteiger partial charge in [-0.05, 0) is 26.0 Å². The maximum atomic E-state index is 9.18. The van der Waals surface area contributed by atoms with Crippen molar-refractivity contribution in [2.45, 2.75) is 26.6 Å². The van der Waals surface area contributed by atoms with Crippen molar-refractivity contribution in [1.82, 2.24) is 0 Å². The maximum Gasteiger partial charge on any atom is 0.143 e. The second-order valence-corrected chi connectivity index (χ2v) is 4.65. The van der Waals surface area contributed by atoms with Gasteiger partial charge < -0.3 is 14.6 Å². The van der Waals surface area contributed by atoms with Crippen molar-refractivity contribution in [3.05, 3.63) is 27.7 Å². The van der Waals surface area contributed by atoms with Crippen LogP contribution in [0, 0.1) is 0 Å². The standard InChI is InChI=1S/C12H16Cl2O3/c1-8(2)16-3-4-17-12-9(7-15)5-10(13)6-11(12)14/h5-6,8,15H,3-4,7H2,1-2H3. The van der Waals surface area contributed by atoms with Crippen LogP contribution in [0.15, 0.2) is 12.1 Å².